The minimum Gasteiger partial charge on any atom is -0.504 e. The van der Waals surface area contributed by atoms with E-state index in [0.29, 0.717) is 36.5 Å². The van der Waals surface area contributed by atoms with Gasteiger partial charge in [-0.3, -0.25) is 9.79 Å². The van der Waals surface area contributed by atoms with E-state index in [-0.39, 0.29) is 18.1 Å². The number of rotatable bonds is 7. The maximum atomic E-state index is 13.3. The van der Waals surface area contributed by atoms with Crippen molar-refractivity contribution in [2.24, 2.45) is 10.9 Å². The number of phenols is 1. The summed E-state index contributed by atoms with van der Waals surface area (Å²) in [6, 6.07) is 14.8. The Bertz CT molecular complexity index is 1100. The zero-order chi connectivity index (χ0) is 23.4. The van der Waals surface area contributed by atoms with Gasteiger partial charge in [0.15, 0.2) is 11.5 Å². The highest BCUT2D eigenvalue weighted by Crippen LogP contribution is 2.44. The number of carbonyl (C=O) groups excluding carboxylic acids is 2. The summed E-state index contributed by atoms with van der Waals surface area (Å²) in [5.41, 5.74) is 3.62. The van der Waals surface area contributed by atoms with Crippen LogP contribution in [0.25, 0.3) is 0 Å². The molecule has 4 rings (SSSR count). The van der Waals surface area contributed by atoms with Crippen LogP contribution in [0.5, 0.6) is 11.5 Å². The predicted molar refractivity (Wildman–Crippen MR) is 126 cm³/mol. The van der Waals surface area contributed by atoms with Gasteiger partial charge < -0.3 is 14.6 Å². The molecule has 1 fully saturated rings. The number of hydrogen-bond acceptors (Lipinski definition) is 6. The third-order valence-electron chi connectivity index (χ3n) is 6.24. The summed E-state index contributed by atoms with van der Waals surface area (Å²) in [6.45, 7) is 4.26. The van der Waals surface area contributed by atoms with Crippen LogP contribution in [-0.2, 0) is 20.7 Å². The number of ketones is 1. The van der Waals surface area contributed by atoms with Gasteiger partial charge in [0.25, 0.3) is 0 Å². The van der Waals surface area contributed by atoms with Crippen molar-refractivity contribution in [3.8, 4) is 11.5 Å². The van der Waals surface area contributed by atoms with Crippen molar-refractivity contribution in [1.82, 2.24) is 0 Å². The Morgan fingerprint density at radius 3 is 2.67 bits per heavy atom. The summed E-state index contributed by atoms with van der Waals surface area (Å²) < 4.78 is 11.2. The standard InChI is InChI=1S/C27H29NO5/c1-3-32-23-16-19(12-13-21(23)29)25-24(17(2)28-20-10-7-11-22(30)26(20)25)27(31)33-15-14-18-8-5-4-6-9-18/h4-6,8-9,12-13,16,25-26,29H,3,7,10-11,14-15H2,1-2H3/t25-,26?/m1/s1. The average Bonchev–Trinajstić information content (AvgIpc) is 2.80. The normalized spacial score (nSPS) is 20.2. The Hall–Kier alpha value is -3.41. The minimum absolute atomic E-state index is 0.0213. The van der Waals surface area contributed by atoms with Crippen molar-refractivity contribution >= 4 is 17.5 Å². The summed E-state index contributed by atoms with van der Waals surface area (Å²) in [5, 5.41) is 10.2. The molecule has 33 heavy (non-hydrogen) atoms. The maximum absolute atomic E-state index is 13.3. The van der Waals surface area contributed by atoms with E-state index in [1.807, 2.05) is 37.3 Å². The SMILES string of the molecule is CCOc1cc([C@@H]2C(C(=O)OCCc3ccccc3)=C(C)N=C3CCCC(=O)C32)ccc1O. The second-order valence-corrected chi connectivity index (χ2v) is 8.41. The summed E-state index contributed by atoms with van der Waals surface area (Å²) in [5.74, 6) is -1.05. The fourth-order valence-electron chi connectivity index (χ4n) is 4.72. The molecule has 2 aliphatic rings. The molecule has 1 aliphatic carbocycles. The van der Waals surface area contributed by atoms with Gasteiger partial charge in [0.2, 0.25) is 0 Å². The van der Waals surface area contributed by atoms with Crippen molar-refractivity contribution in [3.63, 3.8) is 0 Å². The number of aliphatic imine (C=N–C) groups is 1. The van der Waals surface area contributed by atoms with E-state index in [1.165, 1.54) is 0 Å². The van der Waals surface area contributed by atoms with E-state index in [9.17, 15) is 14.7 Å². The first-order valence-corrected chi connectivity index (χ1v) is 11.5. The molecule has 1 saturated carbocycles. The number of allylic oxidation sites excluding steroid dienone is 1. The number of aromatic hydroxyl groups is 1. The number of hydrogen-bond donors (Lipinski definition) is 1. The molecular weight excluding hydrogens is 418 g/mol. The average molecular weight is 448 g/mol. The Kier molecular flexibility index (Phi) is 6.92. The van der Waals surface area contributed by atoms with Gasteiger partial charge in [-0.15, -0.1) is 0 Å². The molecular formula is C27H29NO5. The van der Waals surface area contributed by atoms with Gasteiger partial charge in [0.1, 0.15) is 5.78 Å². The van der Waals surface area contributed by atoms with E-state index in [4.69, 9.17) is 9.47 Å². The molecule has 172 valence electrons. The molecule has 2 aromatic carbocycles. The fourth-order valence-corrected chi connectivity index (χ4v) is 4.72. The van der Waals surface area contributed by atoms with Crippen LogP contribution in [0.4, 0.5) is 0 Å². The lowest BCUT2D eigenvalue weighted by molar-refractivity contribution is -0.139. The van der Waals surface area contributed by atoms with Crippen LogP contribution >= 0.6 is 0 Å². The number of nitrogens with zero attached hydrogens (tertiary/aromatic N) is 1. The quantitative estimate of drug-likeness (QED) is 0.619. The highest BCUT2D eigenvalue weighted by Gasteiger charge is 2.44. The zero-order valence-corrected chi connectivity index (χ0v) is 19.0. The summed E-state index contributed by atoms with van der Waals surface area (Å²) >= 11 is 0. The number of benzene rings is 2. The van der Waals surface area contributed by atoms with Crippen LogP contribution < -0.4 is 4.74 Å². The molecule has 0 spiro atoms. The number of fused-ring (bicyclic) bond motifs is 1. The van der Waals surface area contributed by atoms with Crippen molar-refractivity contribution in [3.05, 3.63) is 70.9 Å². The Balaban J connectivity index is 1.67. The molecule has 2 atom stereocenters. The van der Waals surface area contributed by atoms with Gasteiger partial charge in [-0.25, -0.2) is 4.79 Å². The van der Waals surface area contributed by atoms with Crippen molar-refractivity contribution < 1.29 is 24.2 Å². The topological polar surface area (TPSA) is 85.2 Å². The van der Waals surface area contributed by atoms with Gasteiger partial charge in [-0.2, -0.15) is 0 Å². The van der Waals surface area contributed by atoms with E-state index >= 15 is 0 Å². The van der Waals surface area contributed by atoms with E-state index < -0.39 is 17.8 Å². The van der Waals surface area contributed by atoms with Crippen LogP contribution in [0.1, 0.15) is 50.2 Å². The summed E-state index contributed by atoms with van der Waals surface area (Å²) in [4.78, 5) is 31.0. The molecule has 0 bridgehead atoms. The van der Waals surface area contributed by atoms with Gasteiger partial charge in [0.05, 0.1) is 24.7 Å². The molecule has 1 N–H and O–H groups in total. The van der Waals surface area contributed by atoms with Crippen molar-refractivity contribution in [2.75, 3.05) is 13.2 Å². The number of Topliss-reactive ketones (excluding diaryl/α,β-unsaturated/α-hetero) is 1. The molecule has 1 heterocycles. The summed E-state index contributed by atoms with van der Waals surface area (Å²) in [7, 11) is 0. The largest absolute Gasteiger partial charge is 0.504 e. The fraction of sp³-hybridized carbons (Fsp3) is 0.370. The first kappa shape index (κ1) is 22.8. The first-order valence-electron chi connectivity index (χ1n) is 11.5. The Labute approximate surface area is 194 Å². The molecule has 1 aliphatic heterocycles. The molecule has 6 nitrogen and oxygen atoms in total. The number of esters is 1. The second kappa shape index (κ2) is 10.0. The van der Waals surface area contributed by atoms with E-state index in [0.717, 1.165) is 29.7 Å². The van der Waals surface area contributed by atoms with Gasteiger partial charge in [0, 0.05) is 30.2 Å². The van der Waals surface area contributed by atoms with Gasteiger partial charge >= 0.3 is 5.97 Å². The number of phenolic OH excluding ortho intramolecular Hbond substituents is 1. The zero-order valence-electron chi connectivity index (χ0n) is 19.0. The van der Waals surface area contributed by atoms with Crippen LogP contribution in [0.2, 0.25) is 0 Å². The Morgan fingerprint density at radius 2 is 1.91 bits per heavy atom. The molecule has 0 saturated heterocycles. The lowest BCUT2D eigenvalue weighted by Crippen LogP contribution is -2.39. The number of ether oxygens (including phenoxy) is 2. The Morgan fingerprint density at radius 1 is 1.12 bits per heavy atom. The van der Waals surface area contributed by atoms with Crippen molar-refractivity contribution in [1.29, 1.82) is 0 Å². The third kappa shape index (κ3) is 4.85. The molecule has 0 radical (unpaired) electrons. The lowest BCUT2D eigenvalue weighted by Gasteiger charge is -2.35. The predicted octanol–water partition coefficient (Wildman–Crippen LogP) is 4.76. The summed E-state index contributed by atoms with van der Waals surface area (Å²) in [6.07, 6.45) is 2.57. The first-order chi connectivity index (χ1) is 16.0. The maximum Gasteiger partial charge on any atom is 0.336 e. The third-order valence-corrected chi connectivity index (χ3v) is 6.24. The smallest absolute Gasteiger partial charge is 0.336 e. The monoisotopic (exact) mass is 447 g/mol. The van der Waals surface area contributed by atoms with Crippen LogP contribution in [-0.4, -0.2) is 35.8 Å². The van der Waals surface area contributed by atoms with Gasteiger partial charge in [-0.05, 0) is 49.9 Å². The molecule has 6 heteroatoms. The second-order valence-electron chi connectivity index (χ2n) is 8.41. The minimum atomic E-state index is -0.519. The van der Waals surface area contributed by atoms with Crippen LogP contribution in [0, 0.1) is 5.92 Å². The van der Waals surface area contributed by atoms with E-state index in [1.54, 1.807) is 25.1 Å². The highest BCUT2D eigenvalue weighted by molar-refractivity contribution is 6.11. The van der Waals surface area contributed by atoms with Crippen LogP contribution in [0.15, 0.2) is 64.8 Å². The van der Waals surface area contributed by atoms with Crippen LogP contribution in [0.3, 0.4) is 0 Å². The molecule has 0 amide bonds. The van der Waals surface area contributed by atoms with E-state index in [2.05, 4.69) is 4.99 Å². The number of carbonyl (C=O) groups is 2. The van der Waals surface area contributed by atoms with Crippen molar-refractivity contribution in [2.45, 2.75) is 45.4 Å². The molecule has 2 aromatic rings. The van der Waals surface area contributed by atoms with Gasteiger partial charge in [-0.1, -0.05) is 36.4 Å². The molecule has 1 unspecified atom stereocenters. The highest BCUT2D eigenvalue weighted by atomic mass is 16.5. The lowest BCUT2D eigenvalue weighted by atomic mass is 9.69. The molecule has 0 aromatic heterocycles.